The van der Waals surface area contributed by atoms with Gasteiger partial charge in [0, 0.05) is 26.6 Å². The number of benzene rings is 7. The van der Waals surface area contributed by atoms with Crippen molar-refractivity contribution in [2.45, 2.75) is 15.2 Å². The molecule has 47 heavy (non-hydrogen) atoms. The molecule has 4 heteroatoms. The van der Waals surface area contributed by atoms with E-state index in [4.69, 9.17) is 9.47 Å². The van der Waals surface area contributed by atoms with Crippen LogP contribution in [0.1, 0.15) is 22.3 Å². The molecule has 0 N–H and O–H groups in total. The second kappa shape index (κ2) is 10.1. The molecule has 0 saturated heterocycles. The van der Waals surface area contributed by atoms with Crippen molar-refractivity contribution in [2.75, 3.05) is 4.90 Å². The van der Waals surface area contributed by atoms with Crippen molar-refractivity contribution in [3.8, 4) is 34.1 Å². The zero-order valence-electron chi connectivity index (χ0n) is 25.3. The van der Waals surface area contributed by atoms with Crippen molar-refractivity contribution >= 4 is 28.8 Å². The lowest BCUT2D eigenvalue weighted by Crippen LogP contribution is -2.36. The van der Waals surface area contributed by atoms with Gasteiger partial charge >= 0.3 is 0 Å². The molecule has 0 radical (unpaired) electrons. The summed E-state index contributed by atoms with van der Waals surface area (Å²) in [6.45, 7) is 0. The molecule has 0 saturated carbocycles. The Bertz CT molecular complexity index is 2210. The first-order valence-corrected chi connectivity index (χ1v) is 16.7. The first-order valence-electron chi connectivity index (χ1n) is 15.8. The van der Waals surface area contributed by atoms with E-state index in [2.05, 4.69) is 144 Å². The summed E-state index contributed by atoms with van der Waals surface area (Å²) in [7, 11) is 0. The molecule has 3 heterocycles. The minimum absolute atomic E-state index is 0.514. The van der Waals surface area contributed by atoms with E-state index >= 15 is 0 Å². The average Bonchev–Trinajstić information content (AvgIpc) is 3.14. The van der Waals surface area contributed by atoms with E-state index < -0.39 is 5.41 Å². The van der Waals surface area contributed by atoms with Gasteiger partial charge in [-0.1, -0.05) is 109 Å². The molecule has 3 nitrogen and oxygen atoms in total. The Labute approximate surface area is 277 Å². The van der Waals surface area contributed by atoms with Crippen LogP contribution in [0.3, 0.4) is 0 Å². The molecular weight excluding hydrogens is 595 g/mol. The summed E-state index contributed by atoms with van der Waals surface area (Å²) >= 11 is 1.85. The molecular formula is C43H27NO2S. The van der Waals surface area contributed by atoms with Gasteiger partial charge in [0.05, 0.1) is 16.8 Å². The molecule has 0 aliphatic carbocycles. The van der Waals surface area contributed by atoms with Crippen LogP contribution in [0.5, 0.6) is 23.0 Å². The number of hydrogen-bond acceptors (Lipinski definition) is 4. The van der Waals surface area contributed by atoms with Gasteiger partial charge in [-0.05, 0) is 89.0 Å². The topological polar surface area (TPSA) is 21.7 Å². The molecule has 0 bridgehead atoms. The molecule has 1 spiro atoms. The van der Waals surface area contributed by atoms with Crippen molar-refractivity contribution in [3.05, 3.63) is 186 Å². The summed E-state index contributed by atoms with van der Waals surface area (Å²) in [5, 5.41) is 0. The van der Waals surface area contributed by atoms with Crippen LogP contribution in [0.4, 0.5) is 17.1 Å². The zero-order valence-corrected chi connectivity index (χ0v) is 26.1. The minimum Gasteiger partial charge on any atom is -0.457 e. The molecule has 7 aromatic rings. The number of nitrogens with zero attached hydrogens (tertiary/aromatic N) is 1. The fourth-order valence-corrected chi connectivity index (χ4v) is 8.75. The van der Waals surface area contributed by atoms with E-state index in [0.29, 0.717) is 0 Å². The Morgan fingerprint density at radius 1 is 0.404 bits per heavy atom. The van der Waals surface area contributed by atoms with E-state index in [0.717, 1.165) is 40.1 Å². The van der Waals surface area contributed by atoms with E-state index in [1.54, 1.807) is 0 Å². The number of ether oxygens (including phenoxy) is 2. The second-order valence-electron chi connectivity index (χ2n) is 12.1. The van der Waals surface area contributed by atoms with Crippen LogP contribution in [0.2, 0.25) is 0 Å². The molecule has 3 aliphatic heterocycles. The lowest BCUT2D eigenvalue weighted by molar-refractivity contribution is 0.431. The van der Waals surface area contributed by atoms with Crippen LogP contribution in [-0.2, 0) is 5.41 Å². The predicted molar refractivity (Wildman–Crippen MR) is 189 cm³/mol. The summed E-state index contributed by atoms with van der Waals surface area (Å²) in [6.07, 6.45) is 0. The van der Waals surface area contributed by atoms with Crippen LogP contribution in [0, 0.1) is 0 Å². The molecule has 7 aromatic carbocycles. The normalized spacial score (nSPS) is 14.3. The summed E-state index contributed by atoms with van der Waals surface area (Å²) in [4.78, 5) is 4.82. The number of fused-ring (bicyclic) bond motifs is 10. The van der Waals surface area contributed by atoms with E-state index in [1.165, 1.54) is 43.2 Å². The number of hydrogen-bond donors (Lipinski definition) is 0. The van der Waals surface area contributed by atoms with Crippen molar-refractivity contribution in [3.63, 3.8) is 0 Å². The van der Waals surface area contributed by atoms with Gasteiger partial charge in [0.2, 0.25) is 0 Å². The van der Waals surface area contributed by atoms with Gasteiger partial charge in [-0.2, -0.15) is 0 Å². The highest BCUT2D eigenvalue weighted by atomic mass is 32.2. The van der Waals surface area contributed by atoms with Gasteiger partial charge in [-0.15, -0.1) is 0 Å². The van der Waals surface area contributed by atoms with E-state index in [9.17, 15) is 0 Å². The second-order valence-corrected chi connectivity index (χ2v) is 13.2. The Hall–Kier alpha value is -5.71. The van der Waals surface area contributed by atoms with Gasteiger partial charge in [0.25, 0.3) is 0 Å². The first-order chi connectivity index (χ1) is 23.3. The molecule has 222 valence electrons. The van der Waals surface area contributed by atoms with Crippen molar-refractivity contribution in [2.24, 2.45) is 0 Å². The van der Waals surface area contributed by atoms with Gasteiger partial charge < -0.3 is 14.4 Å². The third-order valence-corrected chi connectivity index (χ3v) is 10.7. The standard InChI is InChI=1S/C43H27NO2S/c1-6-16-37-31(11-1)43(32-12-2-7-17-38(32)45-37)33-13-3-10-20-41(33)47-42-26-23-29(27-34(42)43)28-21-24-30(25-22-28)44-35-14-4-8-18-39(35)46-40-19-9-5-15-36(40)44/h1-27H. The highest BCUT2D eigenvalue weighted by Gasteiger charge is 2.49. The van der Waals surface area contributed by atoms with Crippen LogP contribution in [0.25, 0.3) is 11.1 Å². The molecule has 0 fully saturated rings. The van der Waals surface area contributed by atoms with E-state index in [1.807, 2.05) is 36.0 Å². The molecule has 0 atom stereocenters. The summed E-state index contributed by atoms with van der Waals surface area (Å²) < 4.78 is 12.8. The van der Waals surface area contributed by atoms with Crippen LogP contribution >= 0.6 is 11.8 Å². The third kappa shape index (κ3) is 3.82. The Morgan fingerprint density at radius 3 is 1.55 bits per heavy atom. The Morgan fingerprint density at radius 2 is 0.894 bits per heavy atom. The molecule has 3 aliphatic rings. The first kappa shape index (κ1) is 26.5. The lowest BCUT2D eigenvalue weighted by Gasteiger charge is -2.45. The zero-order chi connectivity index (χ0) is 31.0. The van der Waals surface area contributed by atoms with Gasteiger partial charge in [0.1, 0.15) is 11.5 Å². The summed E-state index contributed by atoms with van der Waals surface area (Å²) in [5.74, 6) is 3.51. The lowest BCUT2D eigenvalue weighted by atomic mass is 9.63. The minimum atomic E-state index is -0.514. The maximum absolute atomic E-state index is 6.55. The maximum Gasteiger partial charge on any atom is 0.151 e. The highest BCUT2D eigenvalue weighted by molar-refractivity contribution is 7.99. The highest BCUT2D eigenvalue weighted by Crippen LogP contribution is 2.61. The average molecular weight is 622 g/mol. The van der Waals surface area contributed by atoms with Crippen molar-refractivity contribution in [1.82, 2.24) is 0 Å². The number of para-hydroxylation sites is 6. The Kier molecular flexibility index (Phi) is 5.72. The molecule has 0 aromatic heterocycles. The summed E-state index contributed by atoms with van der Waals surface area (Å²) in [6, 6.07) is 58.2. The van der Waals surface area contributed by atoms with Crippen molar-refractivity contribution < 1.29 is 9.47 Å². The molecule has 10 rings (SSSR count). The van der Waals surface area contributed by atoms with Gasteiger partial charge in [0.15, 0.2) is 11.5 Å². The third-order valence-electron chi connectivity index (χ3n) is 9.59. The van der Waals surface area contributed by atoms with Gasteiger partial charge in [-0.25, -0.2) is 0 Å². The summed E-state index contributed by atoms with van der Waals surface area (Å²) in [5.41, 5.74) is 9.89. The monoisotopic (exact) mass is 621 g/mol. The Balaban J connectivity index is 1.15. The van der Waals surface area contributed by atoms with Crippen LogP contribution in [-0.4, -0.2) is 0 Å². The SMILES string of the molecule is c1ccc2c(c1)Oc1ccccc1N2c1ccc(-c2ccc3c(c2)C2(c4ccccc4Oc4ccccc42)c2ccccc2S3)cc1. The van der Waals surface area contributed by atoms with Crippen LogP contribution < -0.4 is 14.4 Å². The number of anilines is 3. The fourth-order valence-electron chi connectivity index (χ4n) is 7.58. The molecule has 0 unspecified atom stereocenters. The quantitative estimate of drug-likeness (QED) is 0.191. The fraction of sp³-hybridized carbons (Fsp3) is 0.0233. The van der Waals surface area contributed by atoms with Crippen LogP contribution in [0.15, 0.2) is 174 Å². The van der Waals surface area contributed by atoms with Gasteiger partial charge in [-0.3, -0.25) is 0 Å². The largest absolute Gasteiger partial charge is 0.457 e. The molecule has 0 amide bonds. The van der Waals surface area contributed by atoms with E-state index in [-0.39, 0.29) is 0 Å². The predicted octanol–water partition coefficient (Wildman–Crippen LogP) is 11.9. The smallest absolute Gasteiger partial charge is 0.151 e. The van der Waals surface area contributed by atoms with Crippen molar-refractivity contribution in [1.29, 1.82) is 0 Å². The maximum atomic E-state index is 6.55. The number of rotatable bonds is 2.